The Morgan fingerprint density at radius 3 is 2.68 bits per heavy atom. The molecule has 0 radical (unpaired) electrons. The number of rotatable bonds is 3. The van der Waals surface area contributed by atoms with E-state index in [4.69, 9.17) is 8.83 Å². The van der Waals surface area contributed by atoms with Crippen LogP contribution in [-0.2, 0) is 5.41 Å². The normalized spacial score (nSPS) is 13.5. The molecule has 3 heterocycles. The van der Waals surface area contributed by atoms with Gasteiger partial charge in [0.1, 0.15) is 11.8 Å². The van der Waals surface area contributed by atoms with Crippen LogP contribution in [0.2, 0.25) is 0 Å². The van der Waals surface area contributed by atoms with Gasteiger partial charge in [-0.3, -0.25) is 0 Å². The van der Waals surface area contributed by atoms with E-state index >= 15 is 0 Å². The van der Waals surface area contributed by atoms with E-state index in [0.29, 0.717) is 11.8 Å². The first kappa shape index (κ1) is 14.8. The Balaban J connectivity index is 1.94. The van der Waals surface area contributed by atoms with Crippen LogP contribution in [0.1, 0.15) is 45.4 Å². The van der Waals surface area contributed by atoms with Crippen molar-refractivity contribution in [2.75, 3.05) is 0 Å². The molecular weight excluding hydrogens is 302 g/mol. The van der Waals surface area contributed by atoms with Gasteiger partial charge in [0.15, 0.2) is 0 Å². The summed E-state index contributed by atoms with van der Waals surface area (Å²) >= 11 is 1.47. The lowest BCUT2D eigenvalue weighted by atomic mass is 9.94. The standard InChI is InChI=1S/C15H17N3O3S/c1-9(12-16-8-11(20-12)15(2,3)4)18-14(19)21-13(17-18)10-6-5-7-22-10/h5-9H,1-4H3. The summed E-state index contributed by atoms with van der Waals surface area (Å²) in [6, 6.07) is 3.31. The molecule has 0 aliphatic rings. The van der Waals surface area contributed by atoms with E-state index in [9.17, 15) is 4.79 Å². The summed E-state index contributed by atoms with van der Waals surface area (Å²) in [6.45, 7) is 7.93. The van der Waals surface area contributed by atoms with Gasteiger partial charge in [-0.2, -0.15) is 4.68 Å². The molecule has 116 valence electrons. The molecule has 0 fully saturated rings. The monoisotopic (exact) mass is 319 g/mol. The second-order valence-electron chi connectivity index (χ2n) is 6.08. The Labute approximate surface area is 131 Å². The predicted octanol–water partition coefficient (Wildman–Crippen LogP) is 3.46. The highest BCUT2D eigenvalue weighted by Crippen LogP contribution is 2.26. The largest absolute Gasteiger partial charge is 0.443 e. The van der Waals surface area contributed by atoms with E-state index in [1.165, 1.54) is 16.0 Å². The summed E-state index contributed by atoms with van der Waals surface area (Å²) in [7, 11) is 0. The molecule has 0 amide bonds. The van der Waals surface area contributed by atoms with Crippen molar-refractivity contribution in [3.05, 3.63) is 45.9 Å². The first-order valence-electron chi connectivity index (χ1n) is 6.96. The minimum atomic E-state index is -0.522. The van der Waals surface area contributed by atoms with Gasteiger partial charge < -0.3 is 8.83 Å². The van der Waals surface area contributed by atoms with E-state index in [2.05, 4.69) is 10.1 Å². The summed E-state index contributed by atoms with van der Waals surface area (Å²) < 4.78 is 12.2. The van der Waals surface area contributed by atoms with Crippen LogP contribution >= 0.6 is 11.3 Å². The quantitative estimate of drug-likeness (QED) is 0.739. The molecule has 3 aromatic rings. The molecule has 0 bridgehead atoms. The molecule has 22 heavy (non-hydrogen) atoms. The van der Waals surface area contributed by atoms with Crippen molar-refractivity contribution in [2.45, 2.75) is 39.2 Å². The Morgan fingerprint density at radius 2 is 2.09 bits per heavy atom. The highest BCUT2D eigenvalue weighted by Gasteiger charge is 2.24. The molecule has 1 unspecified atom stereocenters. The van der Waals surface area contributed by atoms with E-state index in [0.717, 1.165) is 10.6 Å². The third-order valence-corrected chi connectivity index (χ3v) is 4.15. The molecule has 0 spiro atoms. The van der Waals surface area contributed by atoms with Gasteiger partial charge in [0.05, 0.1) is 11.1 Å². The van der Waals surface area contributed by atoms with E-state index in [1.54, 1.807) is 13.1 Å². The second kappa shape index (κ2) is 5.24. The Bertz CT molecular complexity index is 821. The summed E-state index contributed by atoms with van der Waals surface area (Å²) in [5, 5.41) is 6.15. The van der Waals surface area contributed by atoms with Gasteiger partial charge in [0, 0.05) is 5.41 Å². The smallest absolute Gasteiger partial charge is 0.438 e. The van der Waals surface area contributed by atoms with E-state index in [1.807, 2.05) is 38.3 Å². The van der Waals surface area contributed by atoms with Crippen LogP contribution < -0.4 is 5.76 Å². The third kappa shape index (κ3) is 2.64. The van der Waals surface area contributed by atoms with Gasteiger partial charge in [-0.1, -0.05) is 26.8 Å². The summed E-state index contributed by atoms with van der Waals surface area (Å²) in [6.07, 6.45) is 1.69. The van der Waals surface area contributed by atoms with Crippen LogP contribution in [0, 0.1) is 0 Å². The second-order valence-corrected chi connectivity index (χ2v) is 7.03. The fourth-order valence-electron chi connectivity index (χ4n) is 1.97. The predicted molar refractivity (Wildman–Crippen MR) is 83.1 cm³/mol. The van der Waals surface area contributed by atoms with Crippen molar-refractivity contribution in [1.29, 1.82) is 0 Å². The number of thiophene rings is 1. The fourth-order valence-corrected chi connectivity index (χ4v) is 2.61. The summed E-state index contributed by atoms with van der Waals surface area (Å²) in [5.41, 5.74) is -0.137. The van der Waals surface area contributed by atoms with E-state index < -0.39 is 11.8 Å². The minimum Gasteiger partial charge on any atom is -0.443 e. The topological polar surface area (TPSA) is 74.1 Å². The van der Waals surface area contributed by atoms with Gasteiger partial charge in [0.2, 0.25) is 5.89 Å². The molecule has 0 aliphatic carbocycles. The maximum Gasteiger partial charge on any atom is 0.438 e. The lowest BCUT2D eigenvalue weighted by molar-refractivity contribution is 0.339. The number of nitrogens with zero attached hydrogens (tertiary/aromatic N) is 3. The lowest BCUT2D eigenvalue weighted by Crippen LogP contribution is -2.21. The zero-order valence-electron chi connectivity index (χ0n) is 12.9. The minimum absolute atomic E-state index is 0.137. The average Bonchev–Trinajstić information content (AvgIpc) is 3.17. The van der Waals surface area contributed by atoms with Gasteiger partial charge in [-0.05, 0) is 18.4 Å². The Hall–Kier alpha value is -2.15. The molecule has 0 saturated heterocycles. The third-order valence-electron chi connectivity index (χ3n) is 3.29. The van der Waals surface area contributed by atoms with Crippen molar-refractivity contribution in [1.82, 2.24) is 14.8 Å². The van der Waals surface area contributed by atoms with Crippen molar-refractivity contribution in [3.8, 4) is 10.8 Å². The van der Waals surface area contributed by atoms with Crippen LogP contribution in [0.3, 0.4) is 0 Å². The highest BCUT2D eigenvalue weighted by atomic mass is 32.1. The Kier molecular flexibility index (Phi) is 3.52. The van der Waals surface area contributed by atoms with Crippen LogP contribution in [-0.4, -0.2) is 14.8 Å². The molecule has 0 N–H and O–H groups in total. The molecule has 0 saturated carbocycles. The summed E-state index contributed by atoms with van der Waals surface area (Å²) in [5.74, 6) is 1.00. The zero-order chi connectivity index (χ0) is 15.9. The van der Waals surface area contributed by atoms with Crippen molar-refractivity contribution < 1.29 is 8.83 Å². The first-order chi connectivity index (χ1) is 10.4. The molecule has 3 rings (SSSR count). The number of aromatic nitrogens is 3. The van der Waals surface area contributed by atoms with Gasteiger partial charge in [-0.25, -0.2) is 9.78 Å². The van der Waals surface area contributed by atoms with Gasteiger partial charge in [0.25, 0.3) is 5.89 Å². The number of oxazole rings is 1. The van der Waals surface area contributed by atoms with Crippen LogP contribution in [0.5, 0.6) is 0 Å². The molecule has 0 aliphatic heterocycles. The molecule has 6 nitrogen and oxygen atoms in total. The zero-order valence-corrected chi connectivity index (χ0v) is 13.7. The molecule has 0 aromatic carbocycles. The van der Waals surface area contributed by atoms with E-state index in [-0.39, 0.29) is 5.41 Å². The van der Waals surface area contributed by atoms with Gasteiger partial charge in [-0.15, -0.1) is 16.4 Å². The SMILES string of the molecule is CC(c1ncc(C(C)(C)C)o1)n1nc(-c2cccs2)oc1=O. The fraction of sp³-hybridized carbons (Fsp3) is 0.400. The summed E-state index contributed by atoms with van der Waals surface area (Å²) in [4.78, 5) is 17.1. The molecular formula is C15H17N3O3S. The number of hydrogen-bond donors (Lipinski definition) is 0. The Morgan fingerprint density at radius 1 is 1.32 bits per heavy atom. The van der Waals surface area contributed by atoms with Crippen molar-refractivity contribution in [3.63, 3.8) is 0 Å². The first-order valence-corrected chi connectivity index (χ1v) is 7.84. The average molecular weight is 319 g/mol. The molecule has 3 aromatic heterocycles. The van der Waals surface area contributed by atoms with Crippen molar-refractivity contribution >= 4 is 11.3 Å². The van der Waals surface area contributed by atoms with Crippen LogP contribution in [0.25, 0.3) is 10.8 Å². The molecule has 1 atom stereocenters. The maximum absolute atomic E-state index is 12.0. The maximum atomic E-state index is 12.0. The lowest BCUT2D eigenvalue weighted by Gasteiger charge is -2.13. The molecule has 7 heteroatoms. The number of hydrogen-bond acceptors (Lipinski definition) is 6. The highest BCUT2D eigenvalue weighted by molar-refractivity contribution is 7.13. The van der Waals surface area contributed by atoms with Gasteiger partial charge >= 0.3 is 5.76 Å². The van der Waals surface area contributed by atoms with Crippen molar-refractivity contribution in [2.24, 2.45) is 0 Å². The van der Waals surface area contributed by atoms with Crippen LogP contribution in [0.15, 0.2) is 37.3 Å². The van der Waals surface area contributed by atoms with Crippen LogP contribution in [0.4, 0.5) is 0 Å².